The van der Waals surface area contributed by atoms with Crippen LogP contribution in [0, 0.1) is 56.7 Å². The van der Waals surface area contributed by atoms with Crippen LogP contribution >= 0.6 is 0 Å². The first-order valence-corrected chi connectivity index (χ1v) is 10.0. The minimum Gasteiger partial charge on any atom is -0.496 e. The Labute approximate surface area is 184 Å². The van der Waals surface area contributed by atoms with Gasteiger partial charge in [-0.3, -0.25) is 0 Å². The molecule has 1 aromatic carbocycles. The molecule has 1 N–H and O–H groups in total. The van der Waals surface area contributed by atoms with Gasteiger partial charge in [0.2, 0.25) is 0 Å². The Morgan fingerprint density at radius 2 is 1.94 bits per heavy atom. The fraction of sp³-hybridized carbons (Fsp3) is 0.478. The lowest BCUT2D eigenvalue weighted by Crippen LogP contribution is -2.48. The fourth-order valence-corrected chi connectivity index (χ4v) is 4.77. The molecular formula is C23H21F3N4O2. The van der Waals surface area contributed by atoms with Gasteiger partial charge in [0.25, 0.3) is 0 Å². The highest BCUT2D eigenvalue weighted by molar-refractivity contribution is 6.00. The molecule has 0 spiro atoms. The Balaban J connectivity index is 2.10. The quantitative estimate of drug-likeness (QED) is 0.659. The zero-order valence-electron chi connectivity index (χ0n) is 17.4. The van der Waals surface area contributed by atoms with Gasteiger partial charge in [-0.15, -0.1) is 0 Å². The minimum absolute atomic E-state index is 0.259. The van der Waals surface area contributed by atoms with Crippen LogP contribution in [0.25, 0.3) is 0 Å². The zero-order chi connectivity index (χ0) is 23.5. The van der Waals surface area contributed by atoms with Crippen molar-refractivity contribution in [2.75, 3.05) is 13.7 Å². The second kappa shape index (κ2) is 9.02. The van der Waals surface area contributed by atoms with E-state index in [1.165, 1.54) is 7.11 Å². The van der Waals surface area contributed by atoms with Gasteiger partial charge in [0.15, 0.2) is 5.41 Å². The van der Waals surface area contributed by atoms with Gasteiger partial charge in [-0.25, -0.2) is 0 Å². The summed E-state index contributed by atoms with van der Waals surface area (Å²) in [6.45, 7) is -1.80. The van der Waals surface area contributed by atoms with E-state index in [2.05, 4.69) is 6.07 Å². The summed E-state index contributed by atoms with van der Waals surface area (Å²) >= 11 is 0. The Hall–Kier alpha value is -3.35. The van der Waals surface area contributed by atoms with E-state index in [0.29, 0.717) is 23.3 Å². The lowest BCUT2D eigenvalue weighted by atomic mass is 9.53. The summed E-state index contributed by atoms with van der Waals surface area (Å²) in [6.07, 6.45) is -0.373. The topological polar surface area (TPSA) is 114 Å². The van der Waals surface area contributed by atoms with Gasteiger partial charge in [0, 0.05) is 11.5 Å². The van der Waals surface area contributed by atoms with Gasteiger partial charge in [-0.05, 0) is 48.4 Å². The van der Waals surface area contributed by atoms with Crippen molar-refractivity contribution >= 4 is 5.71 Å². The smallest absolute Gasteiger partial charge is 0.411 e. The molecule has 1 saturated carbocycles. The number of rotatable bonds is 5. The van der Waals surface area contributed by atoms with E-state index >= 15 is 0 Å². The molecule has 2 aliphatic rings. The number of nitrogens with zero attached hydrogens (tertiary/aromatic N) is 3. The van der Waals surface area contributed by atoms with Crippen LogP contribution in [0.5, 0.6) is 5.75 Å². The molecule has 0 amide bonds. The van der Waals surface area contributed by atoms with Crippen LogP contribution in [-0.2, 0) is 11.3 Å². The maximum absolute atomic E-state index is 12.5. The van der Waals surface area contributed by atoms with E-state index in [4.69, 9.17) is 14.9 Å². The average molecular weight is 442 g/mol. The number of hydrogen-bond acceptors (Lipinski definition) is 6. The third-order valence-corrected chi connectivity index (χ3v) is 6.11. The SMILES string of the molecule is COc1ccc([C@@H]2[C@H]3CCCC=C3[C@H](C#N)C(=N)C2(C#N)C#N)cc1COCC(F)(F)F. The normalized spacial score (nSPS) is 24.3. The van der Waals surface area contributed by atoms with Gasteiger partial charge in [0.05, 0.1) is 37.6 Å². The van der Waals surface area contributed by atoms with Gasteiger partial charge < -0.3 is 14.9 Å². The molecule has 2 aliphatic carbocycles. The lowest BCUT2D eigenvalue weighted by Gasteiger charge is -2.45. The third kappa shape index (κ3) is 4.07. The number of nitrogens with one attached hydrogen (secondary N) is 1. The summed E-state index contributed by atoms with van der Waals surface area (Å²) in [6, 6.07) is 10.9. The molecule has 0 radical (unpaired) electrons. The summed E-state index contributed by atoms with van der Waals surface area (Å²) in [4.78, 5) is 0. The number of allylic oxidation sites excluding steroid dienone is 2. The summed E-state index contributed by atoms with van der Waals surface area (Å²) in [7, 11) is 1.38. The van der Waals surface area contributed by atoms with E-state index in [0.717, 1.165) is 18.4 Å². The molecule has 166 valence electrons. The van der Waals surface area contributed by atoms with E-state index < -0.39 is 30.0 Å². The van der Waals surface area contributed by atoms with Crippen molar-refractivity contribution in [2.24, 2.45) is 17.3 Å². The van der Waals surface area contributed by atoms with Crippen molar-refractivity contribution in [2.45, 2.75) is 38.0 Å². The number of ether oxygens (including phenoxy) is 2. The molecule has 3 atom stereocenters. The highest BCUT2D eigenvalue weighted by Gasteiger charge is 2.57. The van der Waals surface area contributed by atoms with Crippen LogP contribution in [0.2, 0.25) is 0 Å². The molecule has 3 rings (SSSR count). The van der Waals surface area contributed by atoms with Crippen molar-refractivity contribution in [1.82, 2.24) is 0 Å². The van der Waals surface area contributed by atoms with Crippen LogP contribution < -0.4 is 4.74 Å². The number of methoxy groups -OCH3 is 1. The van der Waals surface area contributed by atoms with E-state index in [9.17, 15) is 29.0 Å². The summed E-state index contributed by atoms with van der Waals surface area (Å²) in [5.74, 6) is -1.67. The van der Waals surface area contributed by atoms with Gasteiger partial charge in [-0.1, -0.05) is 12.1 Å². The molecule has 0 bridgehead atoms. The van der Waals surface area contributed by atoms with Crippen LogP contribution in [0.15, 0.2) is 29.8 Å². The summed E-state index contributed by atoms with van der Waals surface area (Å²) in [5.41, 5.74) is -0.517. The van der Waals surface area contributed by atoms with E-state index in [1.54, 1.807) is 18.2 Å². The van der Waals surface area contributed by atoms with Gasteiger partial charge in [0.1, 0.15) is 18.3 Å². The molecule has 0 aliphatic heterocycles. The van der Waals surface area contributed by atoms with Crippen LogP contribution in [-0.4, -0.2) is 25.6 Å². The Morgan fingerprint density at radius 1 is 1.22 bits per heavy atom. The van der Waals surface area contributed by atoms with Crippen molar-refractivity contribution in [3.05, 3.63) is 41.0 Å². The Kier molecular flexibility index (Phi) is 6.57. The molecular weight excluding hydrogens is 421 g/mol. The number of halogens is 3. The second-order valence-corrected chi connectivity index (χ2v) is 7.91. The zero-order valence-corrected chi connectivity index (χ0v) is 17.4. The van der Waals surface area contributed by atoms with Crippen molar-refractivity contribution in [3.63, 3.8) is 0 Å². The van der Waals surface area contributed by atoms with Crippen molar-refractivity contribution in [1.29, 1.82) is 21.2 Å². The number of hydrogen-bond donors (Lipinski definition) is 1. The van der Waals surface area contributed by atoms with Crippen molar-refractivity contribution in [3.8, 4) is 24.0 Å². The van der Waals surface area contributed by atoms with Crippen LogP contribution in [0.1, 0.15) is 36.3 Å². The number of nitriles is 3. The molecule has 1 aromatic rings. The number of alkyl halides is 3. The largest absolute Gasteiger partial charge is 0.496 e. The monoisotopic (exact) mass is 442 g/mol. The standard InChI is InChI=1S/C23H21F3N4O2/c1-31-19-7-6-14(8-15(19)10-32-13-23(24,25)26)20-17-5-3-2-4-16(17)18(9-27)21(30)22(20,11-28)12-29/h4,6-8,17-18,20,30H,2-3,5,10,13H2,1H3/t17-,18-,20+/m0/s1. The highest BCUT2D eigenvalue weighted by Crippen LogP contribution is 2.55. The van der Waals surface area contributed by atoms with Crippen LogP contribution in [0.4, 0.5) is 13.2 Å². The first kappa shape index (κ1) is 23.3. The molecule has 0 unspecified atom stereocenters. The molecule has 1 fully saturated rings. The highest BCUT2D eigenvalue weighted by atomic mass is 19.4. The number of fused-ring (bicyclic) bond motifs is 1. The average Bonchev–Trinajstić information content (AvgIpc) is 2.77. The summed E-state index contributed by atoms with van der Waals surface area (Å²) in [5, 5.41) is 38.3. The van der Waals surface area contributed by atoms with Crippen molar-refractivity contribution < 1.29 is 22.6 Å². The van der Waals surface area contributed by atoms with Crippen LogP contribution in [0.3, 0.4) is 0 Å². The number of benzene rings is 1. The van der Waals surface area contributed by atoms with Gasteiger partial charge >= 0.3 is 6.18 Å². The third-order valence-electron chi connectivity index (χ3n) is 6.11. The molecule has 0 saturated heterocycles. The molecule has 9 heteroatoms. The van der Waals surface area contributed by atoms with Gasteiger partial charge in [-0.2, -0.15) is 29.0 Å². The predicted molar refractivity (Wildman–Crippen MR) is 107 cm³/mol. The molecule has 0 heterocycles. The maximum atomic E-state index is 12.5. The lowest BCUT2D eigenvalue weighted by molar-refractivity contribution is -0.176. The Bertz CT molecular complexity index is 1040. The second-order valence-electron chi connectivity index (χ2n) is 7.91. The minimum atomic E-state index is -4.48. The molecule has 0 aromatic heterocycles. The predicted octanol–water partition coefficient (Wildman–Crippen LogP) is 4.79. The molecule has 32 heavy (non-hydrogen) atoms. The maximum Gasteiger partial charge on any atom is 0.411 e. The van der Waals surface area contributed by atoms with E-state index in [-0.39, 0.29) is 18.2 Å². The Morgan fingerprint density at radius 3 is 2.53 bits per heavy atom. The first-order chi connectivity index (χ1) is 15.2. The summed E-state index contributed by atoms with van der Waals surface area (Å²) < 4.78 is 47.6. The fourth-order valence-electron chi connectivity index (χ4n) is 4.77. The molecule has 6 nitrogen and oxygen atoms in total. The van der Waals surface area contributed by atoms with E-state index in [1.807, 2.05) is 18.2 Å². The first-order valence-electron chi connectivity index (χ1n) is 10.0.